The molecule has 2 bridgehead atoms. The number of halogens is 2. The molecule has 2 aromatic carbocycles. The first-order chi connectivity index (χ1) is 24.7. The fraction of sp³-hybridized carbons (Fsp3) is 0.500. The molecule has 0 N–H and O–H groups in total. The lowest BCUT2D eigenvalue weighted by atomic mass is 9.96. The van der Waals surface area contributed by atoms with Crippen LogP contribution in [0.15, 0.2) is 41.7 Å². The first-order valence-electron chi connectivity index (χ1n) is 18.3. The van der Waals surface area contributed by atoms with Crippen molar-refractivity contribution in [1.29, 1.82) is 0 Å². The summed E-state index contributed by atoms with van der Waals surface area (Å²) in [6.07, 6.45) is 3.51. The number of ether oxygens (including phenoxy) is 1. The largest absolute Gasteiger partial charge is 0.444 e. The first-order valence-corrected chi connectivity index (χ1v) is 22.4. The van der Waals surface area contributed by atoms with Crippen molar-refractivity contribution in [2.24, 2.45) is 0 Å². The third kappa shape index (κ3) is 7.00. The van der Waals surface area contributed by atoms with E-state index in [1.807, 2.05) is 31.7 Å². The second-order valence-electron chi connectivity index (χ2n) is 16.4. The fourth-order valence-electron chi connectivity index (χ4n) is 8.58. The highest BCUT2D eigenvalue weighted by Crippen LogP contribution is 2.42. The number of hydrogen-bond donors (Lipinski definition) is 0. The molecule has 2 aliphatic rings. The number of rotatable bonds is 6. The third-order valence-electron chi connectivity index (χ3n) is 10.9. The highest BCUT2D eigenvalue weighted by Gasteiger charge is 2.45. The van der Waals surface area contributed by atoms with Gasteiger partial charge in [0.2, 0.25) is 15.0 Å². The molecule has 2 aliphatic heterocycles. The van der Waals surface area contributed by atoms with E-state index in [0.717, 1.165) is 19.1 Å². The summed E-state index contributed by atoms with van der Waals surface area (Å²) in [7, 11) is -6.24. The van der Waals surface area contributed by atoms with Crippen molar-refractivity contribution in [3.05, 3.63) is 53.7 Å². The molecular formula is C40H49F2N5O4SSi. The van der Waals surface area contributed by atoms with Gasteiger partial charge in [-0.25, -0.2) is 32.0 Å². The van der Waals surface area contributed by atoms with Crippen molar-refractivity contribution in [1.82, 2.24) is 19.9 Å². The molecule has 2 saturated heterocycles. The summed E-state index contributed by atoms with van der Waals surface area (Å²) in [4.78, 5) is 30.1. The number of fused-ring (bicyclic) bond motifs is 4. The molecule has 0 aliphatic carbocycles. The Morgan fingerprint density at radius 3 is 2.15 bits per heavy atom. The van der Waals surface area contributed by atoms with E-state index in [2.05, 4.69) is 68.0 Å². The smallest absolute Gasteiger partial charge is 0.410 e. The number of carbonyl (C=O) groups is 1. The Morgan fingerprint density at radius 2 is 1.58 bits per heavy atom. The van der Waals surface area contributed by atoms with Gasteiger partial charge in [-0.05, 0) is 61.7 Å². The maximum Gasteiger partial charge on any atom is 0.410 e. The Balaban J connectivity index is 1.51. The standard InChI is InChI=1S/C40H49F2N5O4SSi/c1-23(2)53(24(3)4,25(5)6)19-18-29-32(41)17-14-26-12-11-13-30(33(26)29)35-34(42)36-31(20-43-35)37(45-38(44-36)52(10,49)50)46-21-27-15-16-28(22-46)47(27)39(48)51-40(7,8)9/h11-14,17,20,23-25,27-28H,15-16,21-22H2,1-10H3. The molecule has 4 aromatic rings. The van der Waals surface area contributed by atoms with Crippen LogP contribution in [0.4, 0.5) is 19.4 Å². The number of pyridine rings is 1. The number of carbonyl (C=O) groups excluding carboxylic acids is 1. The molecule has 282 valence electrons. The van der Waals surface area contributed by atoms with Crippen molar-refractivity contribution in [2.45, 2.75) is 115 Å². The predicted octanol–water partition coefficient (Wildman–Crippen LogP) is 8.68. The van der Waals surface area contributed by atoms with E-state index < -0.39 is 46.4 Å². The minimum absolute atomic E-state index is 0.101. The van der Waals surface area contributed by atoms with E-state index in [4.69, 9.17) is 4.74 Å². The van der Waals surface area contributed by atoms with Crippen molar-refractivity contribution in [3.63, 3.8) is 0 Å². The molecule has 0 spiro atoms. The molecule has 1 amide bonds. The van der Waals surface area contributed by atoms with Gasteiger partial charge in [-0.3, -0.25) is 9.88 Å². The lowest BCUT2D eigenvalue weighted by Crippen LogP contribution is -2.57. The normalized spacial score (nSPS) is 18.0. The lowest BCUT2D eigenvalue weighted by Gasteiger charge is -2.42. The van der Waals surface area contributed by atoms with Crippen LogP contribution in [-0.4, -0.2) is 79.5 Å². The molecule has 13 heteroatoms. The summed E-state index contributed by atoms with van der Waals surface area (Å²) in [5, 5.41) is 0.805. The van der Waals surface area contributed by atoms with Crippen LogP contribution in [0.2, 0.25) is 16.6 Å². The highest BCUT2D eigenvalue weighted by molar-refractivity contribution is 7.90. The van der Waals surface area contributed by atoms with Gasteiger partial charge >= 0.3 is 6.09 Å². The molecule has 4 heterocycles. The van der Waals surface area contributed by atoms with Gasteiger partial charge in [0.15, 0.2) is 5.82 Å². The number of nitrogens with zero attached hydrogens (tertiary/aromatic N) is 5. The number of amides is 1. The van der Waals surface area contributed by atoms with Gasteiger partial charge in [0.1, 0.15) is 36.5 Å². The zero-order chi connectivity index (χ0) is 38.8. The topological polar surface area (TPSA) is 106 Å². The summed E-state index contributed by atoms with van der Waals surface area (Å²) >= 11 is 0. The second-order valence-corrected chi connectivity index (χ2v) is 23.9. The minimum Gasteiger partial charge on any atom is -0.444 e. The zero-order valence-electron chi connectivity index (χ0n) is 32.2. The number of aromatic nitrogens is 3. The van der Waals surface area contributed by atoms with E-state index in [1.54, 1.807) is 23.1 Å². The van der Waals surface area contributed by atoms with Crippen LogP contribution in [0.25, 0.3) is 32.9 Å². The van der Waals surface area contributed by atoms with Crippen LogP contribution in [0, 0.1) is 23.1 Å². The molecule has 6 rings (SSSR count). The summed E-state index contributed by atoms with van der Waals surface area (Å²) in [5.74, 6) is 2.13. The van der Waals surface area contributed by atoms with Crippen LogP contribution in [-0.2, 0) is 14.6 Å². The van der Waals surface area contributed by atoms with E-state index in [-0.39, 0.29) is 40.1 Å². The average molecular weight is 762 g/mol. The molecule has 0 radical (unpaired) electrons. The molecule has 53 heavy (non-hydrogen) atoms. The van der Waals surface area contributed by atoms with Gasteiger partial charge in [-0.15, -0.1) is 5.54 Å². The second kappa shape index (κ2) is 13.9. The van der Waals surface area contributed by atoms with Gasteiger partial charge in [0.05, 0.1) is 23.0 Å². The van der Waals surface area contributed by atoms with Crippen molar-refractivity contribution >= 4 is 51.5 Å². The number of benzene rings is 2. The van der Waals surface area contributed by atoms with Crippen LogP contribution in [0.5, 0.6) is 0 Å². The van der Waals surface area contributed by atoms with E-state index in [1.165, 1.54) is 12.3 Å². The van der Waals surface area contributed by atoms with Crippen molar-refractivity contribution in [3.8, 4) is 22.7 Å². The lowest BCUT2D eigenvalue weighted by molar-refractivity contribution is 0.0123. The maximum absolute atomic E-state index is 17.1. The van der Waals surface area contributed by atoms with Gasteiger partial charge < -0.3 is 9.64 Å². The Labute approximate surface area is 312 Å². The third-order valence-corrected chi connectivity index (χ3v) is 18.0. The minimum atomic E-state index is -3.98. The average Bonchev–Trinajstić information content (AvgIpc) is 3.33. The molecule has 2 aromatic heterocycles. The summed E-state index contributed by atoms with van der Waals surface area (Å²) in [6, 6.07) is 7.87. The number of sulfone groups is 1. The van der Waals surface area contributed by atoms with E-state index >= 15 is 8.78 Å². The summed E-state index contributed by atoms with van der Waals surface area (Å²) in [6.45, 7) is 19.3. The Morgan fingerprint density at radius 1 is 0.962 bits per heavy atom. The molecule has 2 fully saturated rings. The van der Waals surface area contributed by atoms with Crippen molar-refractivity contribution in [2.75, 3.05) is 24.2 Å². The molecule has 9 nitrogen and oxygen atoms in total. The highest BCUT2D eigenvalue weighted by atomic mass is 32.2. The SMILES string of the molecule is CC(C)[Si](C#Cc1c(F)ccc2cccc(-c3ncc4c(N5CC6CCC(C5)N6C(=O)OC(C)(C)C)nc(S(C)(=O)=O)nc4c3F)c12)(C(C)C)C(C)C. The van der Waals surface area contributed by atoms with E-state index in [0.29, 0.717) is 46.0 Å². The number of anilines is 1. The zero-order valence-corrected chi connectivity index (χ0v) is 34.0. The molecule has 2 unspecified atom stereocenters. The number of hydrogen-bond acceptors (Lipinski definition) is 8. The Kier molecular flexibility index (Phi) is 10.1. The molecular weight excluding hydrogens is 713 g/mol. The predicted molar refractivity (Wildman–Crippen MR) is 208 cm³/mol. The Bertz CT molecular complexity index is 2240. The first kappa shape index (κ1) is 38.6. The summed E-state index contributed by atoms with van der Waals surface area (Å²) < 4.78 is 64.5. The van der Waals surface area contributed by atoms with Gasteiger partial charge in [0.25, 0.3) is 0 Å². The quantitative estimate of drug-likeness (QED) is 0.109. The van der Waals surface area contributed by atoms with E-state index in [9.17, 15) is 13.2 Å². The van der Waals surface area contributed by atoms with Crippen LogP contribution >= 0.6 is 0 Å². The Hall–Kier alpha value is -4.15. The van der Waals surface area contributed by atoms with Crippen LogP contribution in [0.3, 0.4) is 0 Å². The van der Waals surface area contributed by atoms with Gasteiger partial charge in [0, 0.05) is 36.5 Å². The number of piperazine rings is 1. The molecule has 2 atom stereocenters. The van der Waals surface area contributed by atoms with Gasteiger partial charge in [-0.1, -0.05) is 71.7 Å². The monoisotopic (exact) mass is 761 g/mol. The van der Waals surface area contributed by atoms with Crippen LogP contribution < -0.4 is 4.90 Å². The molecule has 0 saturated carbocycles. The van der Waals surface area contributed by atoms with Crippen LogP contribution in [0.1, 0.15) is 80.7 Å². The van der Waals surface area contributed by atoms with Crippen molar-refractivity contribution < 1.29 is 26.7 Å². The maximum atomic E-state index is 17.1. The van der Waals surface area contributed by atoms with Gasteiger partial charge in [-0.2, -0.15) is 0 Å². The summed E-state index contributed by atoms with van der Waals surface area (Å²) in [5.41, 5.74) is 4.10. The fourth-order valence-corrected chi connectivity index (χ4v) is 14.3.